The number of H-pyrrole nitrogens is 1. The number of fused-ring (bicyclic) bond motifs is 1. The molecule has 2 aromatic rings. The molecule has 5 heteroatoms. The van der Waals surface area contributed by atoms with Crippen molar-refractivity contribution in [3.63, 3.8) is 0 Å². The SMILES string of the molecule is O=c1[nH]c2c(Cl)cccc2n1C1CCSCC1. The summed E-state index contributed by atoms with van der Waals surface area (Å²) in [6, 6.07) is 5.98. The molecule has 1 aliphatic heterocycles. The van der Waals surface area contributed by atoms with Crippen LogP contribution in [0.1, 0.15) is 18.9 Å². The second-order valence-electron chi connectivity index (χ2n) is 4.28. The summed E-state index contributed by atoms with van der Waals surface area (Å²) in [7, 11) is 0. The van der Waals surface area contributed by atoms with Crippen LogP contribution in [-0.4, -0.2) is 21.1 Å². The van der Waals surface area contributed by atoms with Gasteiger partial charge in [-0.15, -0.1) is 0 Å². The topological polar surface area (TPSA) is 37.8 Å². The van der Waals surface area contributed by atoms with E-state index in [1.54, 1.807) is 6.07 Å². The van der Waals surface area contributed by atoms with Crippen molar-refractivity contribution in [2.24, 2.45) is 0 Å². The van der Waals surface area contributed by atoms with Gasteiger partial charge in [0.2, 0.25) is 0 Å². The minimum atomic E-state index is -0.0370. The number of imidazole rings is 1. The second kappa shape index (κ2) is 4.42. The number of aromatic nitrogens is 2. The summed E-state index contributed by atoms with van der Waals surface area (Å²) in [6.45, 7) is 0. The first-order valence-corrected chi connectivity index (χ1v) is 7.27. The Morgan fingerprint density at radius 1 is 1.35 bits per heavy atom. The Morgan fingerprint density at radius 2 is 2.12 bits per heavy atom. The molecular formula is C12H13ClN2OS. The van der Waals surface area contributed by atoms with Crippen LogP contribution in [0.2, 0.25) is 5.02 Å². The number of hydrogen-bond acceptors (Lipinski definition) is 2. The van der Waals surface area contributed by atoms with Gasteiger partial charge in [0.25, 0.3) is 0 Å². The Morgan fingerprint density at radius 3 is 2.88 bits per heavy atom. The summed E-state index contributed by atoms with van der Waals surface area (Å²) in [5.41, 5.74) is 1.65. The third-order valence-electron chi connectivity index (χ3n) is 3.26. The molecule has 3 nitrogen and oxygen atoms in total. The molecule has 3 rings (SSSR count). The van der Waals surface area contributed by atoms with Gasteiger partial charge in [0, 0.05) is 6.04 Å². The lowest BCUT2D eigenvalue weighted by Gasteiger charge is -2.22. The van der Waals surface area contributed by atoms with Crippen LogP contribution in [0.3, 0.4) is 0 Å². The van der Waals surface area contributed by atoms with Crippen molar-refractivity contribution >= 4 is 34.4 Å². The maximum Gasteiger partial charge on any atom is 0.326 e. The Bertz CT molecular complexity index is 598. The second-order valence-corrected chi connectivity index (χ2v) is 5.91. The number of nitrogens with zero attached hydrogens (tertiary/aromatic N) is 1. The molecule has 17 heavy (non-hydrogen) atoms. The van der Waals surface area contributed by atoms with Crippen LogP contribution in [0.5, 0.6) is 0 Å². The van der Waals surface area contributed by atoms with Gasteiger partial charge in [0.05, 0.1) is 16.1 Å². The molecule has 1 fully saturated rings. The van der Waals surface area contributed by atoms with Crippen molar-refractivity contribution in [1.29, 1.82) is 0 Å². The van der Waals surface area contributed by atoms with E-state index in [2.05, 4.69) is 4.98 Å². The van der Waals surface area contributed by atoms with Crippen molar-refractivity contribution < 1.29 is 0 Å². The number of benzene rings is 1. The minimum absolute atomic E-state index is 0.0370. The van der Waals surface area contributed by atoms with Crippen molar-refractivity contribution in [3.05, 3.63) is 33.7 Å². The van der Waals surface area contributed by atoms with Gasteiger partial charge in [0.1, 0.15) is 0 Å². The highest BCUT2D eigenvalue weighted by molar-refractivity contribution is 7.99. The molecule has 0 radical (unpaired) electrons. The summed E-state index contributed by atoms with van der Waals surface area (Å²) in [6.07, 6.45) is 2.12. The van der Waals surface area contributed by atoms with E-state index in [0.717, 1.165) is 35.4 Å². The highest BCUT2D eigenvalue weighted by Gasteiger charge is 2.20. The smallest absolute Gasteiger partial charge is 0.304 e. The standard InChI is InChI=1S/C12H13ClN2OS/c13-9-2-1-3-10-11(9)14-12(16)15(10)8-4-6-17-7-5-8/h1-3,8H,4-7H2,(H,14,16). The number of nitrogens with one attached hydrogen (secondary N) is 1. The molecule has 0 bridgehead atoms. The lowest BCUT2D eigenvalue weighted by Crippen LogP contribution is -2.25. The minimum Gasteiger partial charge on any atom is -0.304 e. The lowest BCUT2D eigenvalue weighted by molar-refractivity contribution is 0.469. The Hall–Kier alpha value is -0.870. The van der Waals surface area contributed by atoms with Crippen LogP contribution >= 0.6 is 23.4 Å². The molecule has 0 amide bonds. The van der Waals surface area contributed by atoms with E-state index >= 15 is 0 Å². The number of halogens is 1. The average molecular weight is 269 g/mol. The monoisotopic (exact) mass is 268 g/mol. The van der Waals surface area contributed by atoms with E-state index in [-0.39, 0.29) is 5.69 Å². The Kier molecular flexibility index (Phi) is 2.92. The van der Waals surface area contributed by atoms with Gasteiger partial charge in [-0.2, -0.15) is 11.8 Å². The Labute approximate surface area is 108 Å². The number of para-hydroxylation sites is 1. The van der Waals surface area contributed by atoms with Crippen molar-refractivity contribution in [2.45, 2.75) is 18.9 Å². The van der Waals surface area contributed by atoms with Crippen molar-refractivity contribution in [1.82, 2.24) is 9.55 Å². The first-order valence-electron chi connectivity index (χ1n) is 5.74. The Balaban J connectivity index is 2.18. The maximum atomic E-state index is 12.0. The van der Waals surface area contributed by atoms with E-state index in [1.807, 2.05) is 28.5 Å². The molecule has 0 saturated carbocycles. The molecule has 0 spiro atoms. The van der Waals surface area contributed by atoms with Gasteiger partial charge in [-0.25, -0.2) is 4.79 Å². The molecule has 0 atom stereocenters. The number of hydrogen-bond donors (Lipinski definition) is 1. The molecule has 1 aromatic carbocycles. The highest BCUT2D eigenvalue weighted by Crippen LogP contribution is 2.29. The fraction of sp³-hybridized carbons (Fsp3) is 0.417. The van der Waals surface area contributed by atoms with Gasteiger partial charge in [-0.1, -0.05) is 17.7 Å². The van der Waals surface area contributed by atoms with E-state index in [1.165, 1.54) is 0 Å². The van der Waals surface area contributed by atoms with Crippen molar-refractivity contribution in [3.8, 4) is 0 Å². The first kappa shape index (κ1) is 11.2. The normalized spacial score (nSPS) is 17.7. The zero-order chi connectivity index (χ0) is 11.8. The third kappa shape index (κ3) is 1.89. The van der Waals surface area contributed by atoms with Crippen LogP contribution in [0.4, 0.5) is 0 Å². The molecule has 90 valence electrons. The van der Waals surface area contributed by atoms with Gasteiger partial charge in [-0.05, 0) is 36.5 Å². The fourth-order valence-electron chi connectivity index (χ4n) is 2.42. The maximum absolute atomic E-state index is 12.0. The molecular weight excluding hydrogens is 256 g/mol. The van der Waals surface area contributed by atoms with E-state index in [4.69, 9.17) is 11.6 Å². The summed E-state index contributed by atoms with van der Waals surface area (Å²) in [5, 5.41) is 0.614. The summed E-state index contributed by atoms with van der Waals surface area (Å²) in [4.78, 5) is 14.9. The summed E-state index contributed by atoms with van der Waals surface area (Å²) < 4.78 is 1.88. The highest BCUT2D eigenvalue weighted by atomic mass is 35.5. The molecule has 0 unspecified atom stereocenters. The lowest BCUT2D eigenvalue weighted by atomic mass is 10.1. The number of thioether (sulfide) groups is 1. The van der Waals surface area contributed by atoms with Crippen LogP contribution in [0.25, 0.3) is 11.0 Å². The quantitative estimate of drug-likeness (QED) is 0.863. The van der Waals surface area contributed by atoms with Gasteiger partial charge in [-0.3, -0.25) is 4.57 Å². The zero-order valence-electron chi connectivity index (χ0n) is 9.28. The average Bonchev–Trinajstić information content (AvgIpc) is 2.68. The van der Waals surface area contributed by atoms with Crippen LogP contribution < -0.4 is 5.69 Å². The van der Waals surface area contributed by atoms with Crippen LogP contribution in [0.15, 0.2) is 23.0 Å². The summed E-state index contributed by atoms with van der Waals surface area (Å²) in [5.74, 6) is 2.26. The molecule has 2 heterocycles. The zero-order valence-corrected chi connectivity index (χ0v) is 10.9. The molecule has 1 aliphatic rings. The largest absolute Gasteiger partial charge is 0.326 e. The van der Waals surface area contributed by atoms with Crippen molar-refractivity contribution in [2.75, 3.05) is 11.5 Å². The third-order valence-corrected chi connectivity index (χ3v) is 4.62. The van der Waals surface area contributed by atoms with Gasteiger partial charge < -0.3 is 4.98 Å². The van der Waals surface area contributed by atoms with E-state index in [0.29, 0.717) is 11.1 Å². The first-order chi connectivity index (χ1) is 8.27. The number of aromatic amines is 1. The van der Waals surface area contributed by atoms with E-state index in [9.17, 15) is 4.79 Å². The predicted octanol–water partition coefficient (Wildman–Crippen LogP) is 3.05. The van der Waals surface area contributed by atoms with Crippen LogP contribution in [0, 0.1) is 0 Å². The van der Waals surface area contributed by atoms with E-state index < -0.39 is 0 Å². The molecule has 1 aromatic heterocycles. The molecule has 0 aliphatic carbocycles. The van der Waals surface area contributed by atoms with Gasteiger partial charge in [0.15, 0.2) is 0 Å². The summed E-state index contributed by atoms with van der Waals surface area (Å²) >= 11 is 8.05. The predicted molar refractivity (Wildman–Crippen MR) is 73.2 cm³/mol. The molecule has 1 N–H and O–H groups in total. The molecule has 1 saturated heterocycles. The van der Waals surface area contributed by atoms with Gasteiger partial charge >= 0.3 is 5.69 Å². The fourth-order valence-corrected chi connectivity index (χ4v) is 3.72. The number of rotatable bonds is 1. The van der Waals surface area contributed by atoms with Crippen LogP contribution in [-0.2, 0) is 0 Å².